The summed E-state index contributed by atoms with van der Waals surface area (Å²) in [5.74, 6) is -1.05. The summed E-state index contributed by atoms with van der Waals surface area (Å²) >= 11 is 3.14. The van der Waals surface area contributed by atoms with E-state index in [0.29, 0.717) is 16.1 Å². The lowest BCUT2D eigenvalue weighted by Gasteiger charge is -2.32. The number of anilines is 1. The quantitative estimate of drug-likeness (QED) is 0.899. The third-order valence-corrected chi connectivity index (χ3v) is 3.50. The molecule has 3 rings (SSSR count). The maximum absolute atomic E-state index is 12.5. The maximum atomic E-state index is 12.5. The maximum Gasteiger partial charge on any atom is 0.346 e. The molecule has 1 atom stereocenters. The van der Waals surface area contributed by atoms with E-state index >= 15 is 0 Å². The van der Waals surface area contributed by atoms with Gasteiger partial charge >= 0.3 is 5.97 Å². The van der Waals surface area contributed by atoms with Crippen LogP contribution in [0.2, 0.25) is 0 Å². The van der Waals surface area contributed by atoms with Gasteiger partial charge in [-0.15, -0.1) is 0 Å². The molecule has 0 bridgehead atoms. The van der Waals surface area contributed by atoms with Gasteiger partial charge < -0.3 is 14.3 Å². The molecule has 7 heteroatoms. The van der Waals surface area contributed by atoms with Gasteiger partial charge in [0.2, 0.25) is 6.10 Å². The van der Waals surface area contributed by atoms with E-state index in [1.807, 2.05) is 0 Å². The van der Waals surface area contributed by atoms with Crippen LogP contribution in [-0.4, -0.2) is 29.6 Å². The molecule has 21 heavy (non-hydrogen) atoms. The third-order valence-electron chi connectivity index (χ3n) is 3.08. The van der Waals surface area contributed by atoms with Gasteiger partial charge in [0.25, 0.3) is 5.91 Å². The van der Waals surface area contributed by atoms with Gasteiger partial charge in [-0.25, -0.2) is 4.79 Å². The molecule has 1 amide bonds. The average molecular weight is 352 g/mol. The first-order valence-electron chi connectivity index (χ1n) is 6.12. The number of carboxylic acids is 1. The summed E-state index contributed by atoms with van der Waals surface area (Å²) in [7, 11) is 0. The second-order valence-electron chi connectivity index (χ2n) is 4.43. The highest BCUT2D eigenvalue weighted by molar-refractivity contribution is 9.10. The predicted octanol–water partition coefficient (Wildman–Crippen LogP) is 2.53. The summed E-state index contributed by atoms with van der Waals surface area (Å²) in [4.78, 5) is 25.0. The van der Waals surface area contributed by atoms with Crippen LogP contribution in [0.15, 0.2) is 45.5 Å². The molecule has 108 valence electrons. The van der Waals surface area contributed by atoms with Crippen LogP contribution in [0.4, 0.5) is 5.69 Å². The molecule has 6 nitrogen and oxygen atoms in total. The number of benzene rings is 1. The van der Waals surface area contributed by atoms with Crippen molar-refractivity contribution in [2.45, 2.75) is 6.10 Å². The SMILES string of the molecule is O=C(O)[C@@H]1CN(C(=O)c2ccc(Br)o2)c2ccccc2O1. The number of ether oxygens (including phenoxy) is 1. The molecule has 1 aromatic carbocycles. The molecule has 1 aromatic heterocycles. The summed E-state index contributed by atoms with van der Waals surface area (Å²) in [6, 6.07) is 9.93. The van der Waals surface area contributed by atoms with Gasteiger partial charge in [0.05, 0.1) is 12.2 Å². The fourth-order valence-electron chi connectivity index (χ4n) is 2.12. The van der Waals surface area contributed by atoms with Crippen LogP contribution in [0.5, 0.6) is 5.75 Å². The second kappa shape index (κ2) is 5.25. The number of hydrogen-bond donors (Lipinski definition) is 1. The molecule has 0 saturated heterocycles. The Kier molecular flexibility index (Phi) is 3.42. The highest BCUT2D eigenvalue weighted by atomic mass is 79.9. The first-order chi connectivity index (χ1) is 10.1. The van der Waals surface area contributed by atoms with E-state index in [1.165, 1.54) is 11.0 Å². The van der Waals surface area contributed by atoms with Crippen LogP contribution in [-0.2, 0) is 4.79 Å². The number of carboxylic acid groups (broad SMARTS) is 1. The highest BCUT2D eigenvalue weighted by Crippen LogP contribution is 2.34. The number of aliphatic carboxylic acids is 1. The van der Waals surface area contributed by atoms with Gasteiger partial charge in [-0.05, 0) is 40.2 Å². The molecule has 1 N–H and O–H groups in total. The molecule has 0 aliphatic carbocycles. The van der Waals surface area contributed by atoms with E-state index in [4.69, 9.17) is 14.3 Å². The van der Waals surface area contributed by atoms with Crippen molar-refractivity contribution in [2.75, 3.05) is 11.4 Å². The number of amides is 1. The molecular weight excluding hydrogens is 342 g/mol. The number of carbonyl (C=O) groups is 2. The fraction of sp³-hybridized carbons (Fsp3) is 0.143. The molecule has 0 spiro atoms. The Hall–Kier alpha value is -2.28. The van der Waals surface area contributed by atoms with Gasteiger partial charge in [-0.2, -0.15) is 0 Å². The van der Waals surface area contributed by atoms with Gasteiger partial charge in [-0.1, -0.05) is 12.1 Å². The van der Waals surface area contributed by atoms with E-state index in [-0.39, 0.29) is 12.3 Å². The first-order valence-corrected chi connectivity index (χ1v) is 6.91. The Balaban J connectivity index is 2.00. The molecule has 0 radical (unpaired) electrons. The molecule has 2 heterocycles. The number of para-hydroxylation sites is 2. The second-order valence-corrected chi connectivity index (χ2v) is 5.21. The molecule has 0 fully saturated rings. The van der Waals surface area contributed by atoms with Crippen molar-refractivity contribution in [3.63, 3.8) is 0 Å². The van der Waals surface area contributed by atoms with Crippen molar-refractivity contribution in [3.05, 3.63) is 46.8 Å². The van der Waals surface area contributed by atoms with E-state index in [2.05, 4.69) is 15.9 Å². The smallest absolute Gasteiger partial charge is 0.346 e. The number of halogens is 1. The van der Waals surface area contributed by atoms with Crippen molar-refractivity contribution in [1.29, 1.82) is 0 Å². The molecule has 1 aliphatic heterocycles. The van der Waals surface area contributed by atoms with Gasteiger partial charge in [0.1, 0.15) is 5.75 Å². The Morgan fingerprint density at radius 1 is 1.24 bits per heavy atom. The Labute approximate surface area is 128 Å². The first kappa shape index (κ1) is 13.7. The Morgan fingerprint density at radius 2 is 2.00 bits per heavy atom. The minimum absolute atomic E-state index is 0.0799. The number of carbonyl (C=O) groups excluding carboxylic acids is 1. The zero-order valence-corrected chi connectivity index (χ0v) is 12.2. The van der Waals surface area contributed by atoms with Crippen LogP contribution >= 0.6 is 15.9 Å². The van der Waals surface area contributed by atoms with Crippen molar-refractivity contribution >= 4 is 33.5 Å². The fourth-order valence-corrected chi connectivity index (χ4v) is 2.42. The summed E-state index contributed by atoms with van der Waals surface area (Å²) in [6.07, 6.45) is -1.11. The van der Waals surface area contributed by atoms with E-state index in [9.17, 15) is 9.59 Å². The van der Waals surface area contributed by atoms with E-state index in [1.54, 1.807) is 30.3 Å². The van der Waals surface area contributed by atoms with Crippen LogP contribution in [0, 0.1) is 0 Å². The van der Waals surface area contributed by atoms with Crippen molar-refractivity contribution in [2.24, 2.45) is 0 Å². The molecule has 1 aliphatic rings. The topological polar surface area (TPSA) is 80.0 Å². The van der Waals surface area contributed by atoms with Crippen molar-refractivity contribution in [3.8, 4) is 5.75 Å². The minimum atomic E-state index is -1.12. The number of hydrogen-bond acceptors (Lipinski definition) is 4. The number of nitrogens with zero attached hydrogens (tertiary/aromatic N) is 1. The summed E-state index contributed by atoms with van der Waals surface area (Å²) in [5.41, 5.74) is 0.521. The zero-order chi connectivity index (χ0) is 15.0. The van der Waals surface area contributed by atoms with Crippen LogP contribution in [0.1, 0.15) is 10.6 Å². The average Bonchev–Trinajstić information content (AvgIpc) is 2.92. The van der Waals surface area contributed by atoms with E-state index in [0.717, 1.165) is 0 Å². The van der Waals surface area contributed by atoms with Crippen LogP contribution in [0.3, 0.4) is 0 Å². The molecule has 0 unspecified atom stereocenters. The lowest BCUT2D eigenvalue weighted by molar-refractivity contribution is -0.144. The number of rotatable bonds is 2. The number of furan rings is 1. The molecule has 2 aromatic rings. The van der Waals surface area contributed by atoms with Crippen molar-refractivity contribution < 1.29 is 23.8 Å². The molecular formula is C14H10BrNO5. The van der Waals surface area contributed by atoms with E-state index < -0.39 is 18.0 Å². The minimum Gasteiger partial charge on any atom is -0.478 e. The summed E-state index contributed by atoms with van der Waals surface area (Å²) < 4.78 is 11.1. The van der Waals surface area contributed by atoms with Crippen LogP contribution in [0.25, 0.3) is 0 Å². The lowest BCUT2D eigenvalue weighted by Crippen LogP contribution is -2.47. The normalized spacial score (nSPS) is 17.0. The lowest BCUT2D eigenvalue weighted by atomic mass is 10.1. The monoisotopic (exact) mass is 351 g/mol. The molecule has 0 saturated carbocycles. The highest BCUT2D eigenvalue weighted by Gasteiger charge is 2.34. The largest absolute Gasteiger partial charge is 0.478 e. The van der Waals surface area contributed by atoms with Gasteiger partial charge in [0.15, 0.2) is 10.4 Å². The zero-order valence-electron chi connectivity index (χ0n) is 10.7. The van der Waals surface area contributed by atoms with Crippen molar-refractivity contribution in [1.82, 2.24) is 0 Å². The summed E-state index contributed by atoms with van der Waals surface area (Å²) in [6.45, 7) is -0.0799. The third kappa shape index (κ3) is 2.52. The Bertz CT molecular complexity index is 711. The van der Waals surface area contributed by atoms with Gasteiger partial charge in [-0.3, -0.25) is 9.69 Å². The number of fused-ring (bicyclic) bond motifs is 1. The Morgan fingerprint density at radius 3 is 2.67 bits per heavy atom. The predicted molar refractivity (Wildman–Crippen MR) is 76.6 cm³/mol. The summed E-state index contributed by atoms with van der Waals surface area (Å²) in [5, 5.41) is 9.14. The van der Waals surface area contributed by atoms with Gasteiger partial charge in [0, 0.05) is 0 Å². The van der Waals surface area contributed by atoms with Crippen LogP contribution < -0.4 is 9.64 Å². The standard InChI is InChI=1S/C14H10BrNO5/c15-12-6-5-10(21-12)13(17)16-7-11(14(18)19)20-9-4-2-1-3-8(9)16/h1-6,11H,7H2,(H,18,19)/t11-/m0/s1.